The Bertz CT molecular complexity index is 996. The van der Waals surface area contributed by atoms with Crippen LogP contribution in [0.5, 0.6) is 11.5 Å². The Labute approximate surface area is 157 Å². The van der Waals surface area contributed by atoms with E-state index >= 15 is 0 Å². The van der Waals surface area contributed by atoms with E-state index in [0.717, 1.165) is 5.56 Å². The minimum Gasteiger partial charge on any atom is -0.486 e. The van der Waals surface area contributed by atoms with Gasteiger partial charge in [0.25, 0.3) is 0 Å². The van der Waals surface area contributed by atoms with Crippen molar-refractivity contribution in [2.75, 3.05) is 13.2 Å². The third-order valence-corrected chi connectivity index (χ3v) is 4.25. The summed E-state index contributed by atoms with van der Waals surface area (Å²) in [6.07, 6.45) is 0. The van der Waals surface area contributed by atoms with Crippen LogP contribution in [-0.4, -0.2) is 19.0 Å². The third kappa shape index (κ3) is 3.72. The molecule has 0 aromatic heterocycles. The second-order valence-electron chi connectivity index (χ2n) is 6.24. The smallest absolute Gasteiger partial charge is 0.195 e. The van der Waals surface area contributed by atoms with Gasteiger partial charge in [0.05, 0.1) is 11.3 Å². The van der Waals surface area contributed by atoms with E-state index in [9.17, 15) is 4.79 Å². The van der Waals surface area contributed by atoms with Crippen molar-refractivity contribution in [3.05, 3.63) is 83.4 Å². The molecule has 3 aromatic carbocycles. The molecule has 1 heterocycles. The second-order valence-corrected chi connectivity index (χ2v) is 6.24. The van der Waals surface area contributed by atoms with Crippen molar-refractivity contribution in [3.63, 3.8) is 0 Å². The summed E-state index contributed by atoms with van der Waals surface area (Å²) in [5, 5.41) is 8.57. The lowest BCUT2D eigenvalue weighted by atomic mass is 10.00. The van der Waals surface area contributed by atoms with Gasteiger partial charge in [-0.05, 0) is 25.1 Å². The number of ketones is 1. The van der Waals surface area contributed by atoms with E-state index in [1.807, 2.05) is 61.5 Å². The maximum Gasteiger partial charge on any atom is 0.195 e. The van der Waals surface area contributed by atoms with Gasteiger partial charge in [-0.1, -0.05) is 48.0 Å². The Hall–Kier alpha value is -3.47. The van der Waals surface area contributed by atoms with E-state index in [4.69, 9.17) is 9.47 Å². The summed E-state index contributed by atoms with van der Waals surface area (Å²) >= 11 is 0. The Morgan fingerprint density at radius 2 is 1.52 bits per heavy atom. The van der Waals surface area contributed by atoms with Crippen LogP contribution in [-0.2, 0) is 0 Å². The van der Waals surface area contributed by atoms with E-state index in [1.54, 1.807) is 12.1 Å². The standard InChI is InChI=1S/C22H18N2O3/c1-15-7-9-16(10-8-15)22(25)18-13-20-21(27-12-11-26-20)14-19(18)24-23-17-5-3-2-4-6-17/h2-10,13-14H,11-12H2,1H3. The molecule has 1 aliphatic heterocycles. The van der Waals surface area contributed by atoms with Crippen molar-refractivity contribution in [3.8, 4) is 11.5 Å². The van der Waals surface area contributed by atoms with Crippen LogP contribution in [0.2, 0.25) is 0 Å². The van der Waals surface area contributed by atoms with Gasteiger partial charge < -0.3 is 9.47 Å². The van der Waals surface area contributed by atoms with Crippen molar-refractivity contribution in [1.29, 1.82) is 0 Å². The number of hydrogen-bond acceptors (Lipinski definition) is 5. The molecule has 0 bridgehead atoms. The zero-order chi connectivity index (χ0) is 18.6. The van der Waals surface area contributed by atoms with Crippen LogP contribution in [0.4, 0.5) is 11.4 Å². The van der Waals surface area contributed by atoms with Crippen LogP contribution in [0.15, 0.2) is 77.0 Å². The molecule has 134 valence electrons. The number of nitrogens with zero attached hydrogens (tertiary/aromatic N) is 2. The first kappa shape index (κ1) is 17.0. The van der Waals surface area contributed by atoms with E-state index in [0.29, 0.717) is 47.2 Å². The zero-order valence-electron chi connectivity index (χ0n) is 14.9. The predicted molar refractivity (Wildman–Crippen MR) is 103 cm³/mol. The molecule has 5 heteroatoms. The Kier molecular flexibility index (Phi) is 4.66. The van der Waals surface area contributed by atoms with Gasteiger partial charge in [0.2, 0.25) is 0 Å². The Balaban J connectivity index is 1.77. The average molecular weight is 358 g/mol. The quantitative estimate of drug-likeness (QED) is 0.462. The number of ether oxygens (including phenoxy) is 2. The minimum atomic E-state index is -0.131. The van der Waals surface area contributed by atoms with Gasteiger partial charge in [-0.15, -0.1) is 5.11 Å². The van der Waals surface area contributed by atoms with Crippen molar-refractivity contribution in [2.45, 2.75) is 6.92 Å². The molecule has 0 saturated heterocycles. The summed E-state index contributed by atoms with van der Waals surface area (Å²) in [4.78, 5) is 13.1. The van der Waals surface area contributed by atoms with Crippen molar-refractivity contribution < 1.29 is 14.3 Å². The van der Waals surface area contributed by atoms with Gasteiger partial charge in [-0.2, -0.15) is 5.11 Å². The molecule has 0 fully saturated rings. The maximum absolute atomic E-state index is 13.1. The molecule has 0 amide bonds. The lowest BCUT2D eigenvalue weighted by molar-refractivity contribution is 0.103. The zero-order valence-corrected chi connectivity index (χ0v) is 14.9. The predicted octanol–water partition coefficient (Wildman–Crippen LogP) is 5.41. The summed E-state index contributed by atoms with van der Waals surface area (Å²) in [6, 6.07) is 20.2. The number of rotatable bonds is 4. The van der Waals surface area contributed by atoms with Crippen LogP contribution in [0.3, 0.4) is 0 Å². The third-order valence-electron chi connectivity index (χ3n) is 4.25. The molecule has 0 N–H and O–H groups in total. The summed E-state index contributed by atoms with van der Waals surface area (Å²) in [5.41, 5.74) is 3.28. The van der Waals surface area contributed by atoms with E-state index in [-0.39, 0.29) is 5.78 Å². The Morgan fingerprint density at radius 3 is 2.22 bits per heavy atom. The van der Waals surface area contributed by atoms with Gasteiger partial charge in [-0.3, -0.25) is 4.79 Å². The van der Waals surface area contributed by atoms with Crippen molar-refractivity contribution in [2.24, 2.45) is 10.2 Å². The summed E-state index contributed by atoms with van der Waals surface area (Å²) in [6.45, 7) is 2.90. The molecule has 0 unspecified atom stereocenters. The molecule has 5 nitrogen and oxygen atoms in total. The lowest BCUT2D eigenvalue weighted by Gasteiger charge is -2.19. The topological polar surface area (TPSA) is 60.2 Å². The van der Waals surface area contributed by atoms with Crippen LogP contribution in [0.25, 0.3) is 0 Å². The first-order chi connectivity index (χ1) is 13.2. The number of fused-ring (bicyclic) bond motifs is 1. The van der Waals surface area contributed by atoms with Crippen LogP contribution in [0, 0.1) is 6.92 Å². The summed E-state index contributed by atoms with van der Waals surface area (Å²) < 4.78 is 11.3. The van der Waals surface area contributed by atoms with Gasteiger partial charge in [0.15, 0.2) is 17.3 Å². The van der Waals surface area contributed by atoms with Crippen LogP contribution in [0.1, 0.15) is 21.5 Å². The van der Waals surface area contributed by atoms with Crippen LogP contribution >= 0.6 is 0 Å². The molecular weight excluding hydrogens is 340 g/mol. The minimum absolute atomic E-state index is 0.131. The van der Waals surface area contributed by atoms with Crippen molar-refractivity contribution in [1.82, 2.24) is 0 Å². The Morgan fingerprint density at radius 1 is 0.852 bits per heavy atom. The molecular formula is C22H18N2O3. The molecule has 0 radical (unpaired) electrons. The molecule has 3 aromatic rings. The first-order valence-corrected chi connectivity index (χ1v) is 8.72. The highest BCUT2D eigenvalue weighted by atomic mass is 16.6. The number of carbonyl (C=O) groups excluding carboxylic acids is 1. The number of benzene rings is 3. The first-order valence-electron chi connectivity index (χ1n) is 8.72. The summed E-state index contributed by atoms with van der Waals surface area (Å²) in [5.74, 6) is 0.994. The number of aryl methyl sites for hydroxylation is 1. The molecule has 1 aliphatic rings. The van der Waals surface area contributed by atoms with Gasteiger partial charge in [-0.25, -0.2) is 0 Å². The largest absolute Gasteiger partial charge is 0.486 e. The average Bonchev–Trinajstić information content (AvgIpc) is 2.72. The lowest BCUT2D eigenvalue weighted by Crippen LogP contribution is -2.16. The fourth-order valence-electron chi connectivity index (χ4n) is 2.81. The van der Waals surface area contributed by atoms with Gasteiger partial charge >= 0.3 is 0 Å². The second kappa shape index (κ2) is 7.41. The van der Waals surface area contributed by atoms with E-state index < -0.39 is 0 Å². The number of carbonyl (C=O) groups is 1. The fraction of sp³-hybridized carbons (Fsp3) is 0.136. The molecule has 27 heavy (non-hydrogen) atoms. The SMILES string of the molecule is Cc1ccc(C(=O)c2cc3c(cc2N=Nc2ccccc2)OCCO3)cc1. The summed E-state index contributed by atoms with van der Waals surface area (Å²) in [7, 11) is 0. The molecule has 0 spiro atoms. The maximum atomic E-state index is 13.1. The normalized spacial score (nSPS) is 12.9. The van der Waals surface area contributed by atoms with E-state index in [2.05, 4.69) is 10.2 Å². The van der Waals surface area contributed by atoms with Crippen LogP contribution < -0.4 is 9.47 Å². The fourth-order valence-corrected chi connectivity index (χ4v) is 2.81. The monoisotopic (exact) mass is 358 g/mol. The molecule has 0 aliphatic carbocycles. The van der Waals surface area contributed by atoms with Crippen molar-refractivity contribution >= 4 is 17.2 Å². The highest BCUT2D eigenvalue weighted by Gasteiger charge is 2.21. The molecule has 0 saturated carbocycles. The highest BCUT2D eigenvalue weighted by Crippen LogP contribution is 2.38. The highest BCUT2D eigenvalue weighted by molar-refractivity contribution is 6.12. The molecule has 0 atom stereocenters. The van der Waals surface area contributed by atoms with E-state index in [1.165, 1.54) is 0 Å². The molecule has 4 rings (SSSR count). The van der Waals surface area contributed by atoms with Gasteiger partial charge in [0.1, 0.15) is 18.9 Å². The number of hydrogen-bond donors (Lipinski definition) is 0. The number of azo groups is 1. The van der Waals surface area contributed by atoms with Gasteiger partial charge in [0, 0.05) is 11.6 Å².